The summed E-state index contributed by atoms with van der Waals surface area (Å²) >= 11 is 0. The molecule has 0 atom stereocenters. The van der Waals surface area contributed by atoms with E-state index >= 15 is 0 Å². The van der Waals surface area contributed by atoms with Gasteiger partial charge >= 0.3 is 6.09 Å². The molecule has 0 aliphatic carbocycles. The van der Waals surface area contributed by atoms with Crippen LogP contribution < -0.4 is 5.32 Å². The lowest BCUT2D eigenvalue weighted by atomic mass is 10.2. The lowest BCUT2D eigenvalue weighted by Gasteiger charge is -2.19. The minimum absolute atomic E-state index is 0.382. The largest absolute Gasteiger partial charge is 0.444 e. The third-order valence-corrected chi connectivity index (χ3v) is 1.62. The molecule has 0 radical (unpaired) electrons. The van der Waals surface area contributed by atoms with Gasteiger partial charge in [-0.2, -0.15) is 0 Å². The average Bonchev–Trinajstić information content (AvgIpc) is 2.23. The van der Waals surface area contributed by atoms with E-state index < -0.39 is 11.7 Å². The van der Waals surface area contributed by atoms with E-state index in [1.165, 1.54) is 0 Å². The van der Waals surface area contributed by atoms with Crippen molar-refractivity contribution in [3.05, 3.63) is 30.4 Å². The maximum atomic E-state index is 11.3. The predicted molar refractivity (Wildman–Crippen MR) is 65.3 cm³/mol. The first-order chi connectivity index (χ1) is 7.97. The van der Waals surface area contributed by atoms with Gasteiger partial charge in [-0.15, -0.1) is 0 Å². The van der Waals surface area contributed by atoms with E-state index in [1.54, 1.807) is 30.6 Å². The molecule has 1 aromatic heterocycles. The number of nitrogens with zero attached hydrogens (tertiary/aromatic N) is 2. The first-order valence-corrected chi connectivity index (χ1v) is 5.38. The summed E-state index contributed by atoms with van der Waals surface area (Å²) in [5.74, 6) is 0.610. The maximum absolute atomic E-state index is 11.3. The van der Waals surface area contributed by atoms with Crippen molar-refractivity contribution in [2.24, 2.45) is 0 Å². The number of ether oxygens (including phenoxy) is 1. The van der Waals surface area contributed by atoms with E-state index in [-0.39, 0.29) is 0 Å². The molecular formula is C12H17N3O2. The van der Waals surface area contributed by atoms with Crippen molar-refractivity contribution in [3.63, 3.8) is 0 Å². The van der Waals surface area contributed by atoms with E-state index in [2.05, 4.69) is 15.3 Å². The van der Waals surface area contributed by atoms with Gasteiger partial charge in [0.1, 0.15) is 5.60 Å². The lowest BCUT2D eigenvalue weighted by molar-refractivity contribution is 0.0534. The Hall–Kier alpha value is -1.91. The van der Waals surface area contributed by atoms with E-state index in [0.717, 1.165) is 0 Å². The minimum atomic E-state index is -0.476. The van der Waals surface area contributed by atoms with Crippen LogP contribution in [0.3, 0.4) is 0 Å². The molecule has 0 spiro atoms. The Morgan fingerprint density at radius 2 is 2.06 bits per heavy atom. The van der Waals surface area contributed by atoms with Crippen molar-refractivity contribution in [3.8, 4) is 0 Å². The van der Waals surface area contributed by atoms with Crippen LogP contribution in [0, 0.1) is 0 Å². The van der Waals surface area contributed by atoms with Gasteiger partial charge in [-0.05, 0) is 32.9 Å². The Morgan fingerprint density at radius 3 is 2.65 bits per heavy atom. The fraction of sp³-hybridized carbons (Fsp3) is 0.417. The molecule has 1 N–H and O–H groups in total. The minimum Gasteiger partial charge on any atom is -0.444 e. The molecule has 1 aromatic rings. The smallest absolute Gasteiger partial charge is 0.407 e. The molecule has 0 aliphatic rings. The molecular weight excluding hydrogens is 218 g/mol. The third-order valence-electron chi connectivity index (χ3n) is 1.62. The van der Waals surface area contributed by atoms with Crippen molar-refractivity contribution in [2.45, 2.75) is 26.4 Å². The van der Waals surface area contributed by atoms with E-state index in [9.17, 15) is 4.79 Å². The molecule has 5 nitrogen and oxygen atoms in total. The molecule has 0 aromatic carbocycles. The summed E-state index contributed by atoms with van der Waals surface area (Å²) in [6, 6.07) is 1.75. The van der Waals surface area contributed by atoms with Gasteiger partial charge in [-0.25, -0.2) is 14.8 Å². The second-order valence-electron chi connectivity index (χ2n) is 4.39. The first kappa shape index (κ1) is 13.2. The van der Waals surface area contributed by atoms with E-state index in [4.69, 9.17) is 4.74 Å². The summed E-state index contributed by atoms with van der Waals surface area (Å²) in [5.41, 5.74) is -0.476. The van der Waals surface area contributed by atoms with Crippen molar-refractivity contribution in [1.29, 1.82) is 0 Å². The maximum Gasteiger partial charge on any atom is 0.407 e. The predicted octanol–water partition coefficient (Wildman–Crippen LogP) is 2.01. The monoisotopic (exact) mass is 235 g/mol. The molecule has 0 unspecified atom stereocenters. The first-order valence-electron chi connectivity index (χ1n) is 5.38. The molecule has 0 fully saturated rings. The highest BCUT2D eigenvalue weighted by atomic mass is 16.6. The number of rotatable bonds is 3. The zero-order valence-electron chi connectivity index (χ0n) is 10.3. The van der Waals surface area contributed by atoms with Crippen molar-refractivity contribution in [2.75, 3.05) is 6.54 Å². The Morgan fingerprint density at radius 1 is 1.41 bits per heavy atom. The van der Waals surface area contributed by atoms with Crippen LogP contribution in [0.15, 0.2) is 24.5 Å². The van der Waals surface area contributed by atoms with Gasteiger partial charge in [0, 0.05) is 18.9 Å². The number of alkyl carbamates (subject to hydrolysis) is 1. The number of amides is 1. The number of aromatic nitrogens is 2. The van der Waals surface area contributed by atoms with Gasteiger partial charge in [-0.1, -0.05) is 6.08 Å². The van der Waals surface area contributed by atoms with Crippen LogP contribution in [-0.2, 0) is 4.74 Å². The molecule has 1 amide bonds. The van der Waals surface area contributed by atoms with Crippen LogP contribution >= 0.6 is 0 Å². The molecule has 92 valence electrons. The van der Waals surface area contributed by atoms with Crippen molar-refractivity contribution in [1.82, 2.24) is 15.3 Å². The topological polar surface area (TPSA) is 64.1 Å². The summed E-state index contributed by atoms with van der Waals surface area (Å²) in [6.45, 7) is 5.84. The van der Waals surface area contributed by atoms with E-state index in [1.807, 2.05) is 20.8 Å². The van der Waals surface area contributed by atoms with Crippen LogP contribution in [0.4, 0.5) is 4.79 Å². The highest BCUT2D eigenvalue weighted by Gasteiger charge is 2.14. The lowest BCUT2D eigenvalue weighted by Crippen LogP contribution is -2.32. The normalized spacial score (nSPS) is 11.5. The third kappa shape index (κ3) is 6.29. The van der Waals surface area contributed by atoms with Crippen LogP contribution in [0.5, 0.6) is 0 Å². The molecule has 5 heteroatoms. The quantitative estimate of drug-likeness (QED) is 0.870. The summed E-state index contributed by atoms with van der Waals surface area (Å²) < 4.78 is 5.07. The molecule has 0 bridgehead atoms. The van der Waals surface area contributed by atoms with Crippen LogP contribution in [0.25, 0.3) is 6.08 Å². The number of hydrogen-bond donors (Lipinski definition) is 1. The van der Waals surface area contributed by atoms with Gasteiger partial charge in [0.15, 0.2) is 5.82 Å². The molecule has 1 heterocycles. The molecule has 0 aliphatic heterocycles. The Bertz CT molecular complexity index is 382. The second kappa shape index (κ2) is 5.98. The van der Waals surface area contributed by atoms with Gasteiger partial charge in [0.05, 0.1) is 0 Å². The highest BCUT2D eigenvalue weighted by Crippen LogP contribution is 2.06. The van der Waals surface area contributed by atoms with Gasteiger partial charge < -0.3 is 10.1 Å². The fourth-order valence-electron chi connectivity index (χ4n) is 1.02. The number of carbonyl (C=O) groups is 1. The number of nitrogens with one attached hydrogen (secondary N) is 1. The average molecular weight is 235 g/mol. The van der Waals surface area contributed by atoms with Crippen LogP contribution in [0.2, 0.25) is 0 Å². The van der Waals surface area contributed by atoms with Gasteiger partial charge in [-0.3, -0.25) is 0 Å². The zero-order chi connectivity index (χ0) is 12.7. The molecule has 0 saturated carbocycles. The number of carbonyl (C=O) groups excluding carboxylic acids is 1. The summed E-state index contributed by atoms with van der Waals surface area (Å²) in [4.78, 5) is 19.3. The summed E-state index contributed by atoms with van der Waals surface area (Å²) in [5, 5.41) is 2.61. The Labute approximate surface area is 101 Å². The highest BCUT2D eigenvalue weighted by molar-refractivity contribution is 5.68. The van der Waals surface area contributed by atoms with Crippen LogP contribution in [0.1, 0.15) is 26.6 Å². The molecule has 0 saturated heterocycles. The van der Waals surface area contributed by atoms with Crippen LogP contribution in [-0.4, -0.2) is 28.2 Å². The Balaban J connectivity index is 2.29. The second-order valence-corrected chi connectivity index (χ2v) is 4.39. The summed E-state index contributed by atoms with van der Waals surface area (Å²) in [7, 11) is 0. The number of hydrogen-bond acceptors (Lipinski definition) is 4. The SMILES string of the molecule is CC(C)(C)OC(=O)NCC=Cc1ncccn1. The van der Waals surface area contributed by atoms with Crippen molar-refractivity contribution < 1.29 is 9.53 Å². The molecule has 1 rings (SSSR count). The standard InChI is InChI=1S/C12H17N3O2/c1-12(2,3)17-11(16)15-7-4-6-10-13-8-5-9-14-10/h4-6,8-9H,7H2,1-3H3,(H,15,16). The van der Waals surface area contributed by atoms with Gasteiger partial charge in [0.25, 0.3) is 0 Å². The Kier molecular flexibility index (Phi) is 4.63. The zero-order valence-corrected chi connectivity index (χ0v) is 10.3. The van der Waals surface area contributed by atoms with Gasteiger partial charge in [0.2, 0.25) is 0 Å². The van der Waals surface area contributed by atoms with Crippen molar-refractivity contribution >= 4 is 12.2 Å². The summed E-state index contributed by atoms with van der Waals surface area (Å²) in [6.07, 6.45) is 6.38. The molecule has 17 heavy (non-hydrogen) atoms. The fourth-order valence-corrected chi connectivity index (χ4v) is 1.02. The van der Waals surface area contributed by atoms with E-state index in [0.29, 0.717) is 12.4 Å².